The van der Waals surface area contributed by atoms with Crippen molar-refractivity contribution in [2.24, 2.45) is 4.99 Å². The molecule has 0 spiro atoms. The topological polar surface area (TPSA) is 32.6 Å². The van der Waals surface area contributed by atoms with Crippen LogP contribution in [0.1, 0.15) is 12.5 Å². The Bertz CT molecular complexity index is 593. The number of hydrogen-bond donors (Lipinski definition) is 1. The zero-order chi connectivity index (χ0) is 13.1. The molecule has 2 nitrogen and oxygen atoms in total. The maximum Gasteiger partial charge on any atom is 0.124 e. The van der Waals surface area contributed by atoms with E-state index in [0.717, 1.165) is 15.9 Å². The molecule has 2 aromatic carbocycles. The Kier molecular flexibility index (Phi) is 4.04. The minimum Gasteiger partial charge on any atom is -0.507 e. The van der Waals surface area contributed by atoms with Crippen LogP contribution in [0.15, 0.2) is 51.9 Å². The van der Waals surface area contributed by atoms with E-state index >= 15 is 0 Å². The molecule has 0 aliphatic carbocycles. The zero-order valence-electron chi connectivity index (χ0n) is 9.69. The number of aromatic hydroxyl groups is 1. The molecular weight excluding hydrogens is 314 g/mol. The van der Waals surface area contributed by atoms with Crippen molar-refractivity contribution in [3.63, 3.8) is 0 Å². The molecule has 0 bridgehead atoms. The van der Waals surface area contributed by atoms with Gasteiger partial charge >= 0.3 is 0 Å². The summed E-state index contributed by atoms with van der Waals surface area (Å²) >= 11 is 9.28. The van der Waals surface area contributed by atoms with Gasteiger partial charge in [0.05, 0.1) is 5.69 Å². The Morgan fingerprint density at radius 1 is 1.17 bits per heavy atom. The van der Waals surface area contributed by atoms with Crippen LogP contribution in [0.25, 0.3) is 0 Å². The third kappa shape index (κ3) is 3.12. The summed E-state index contributed by atoms with van der Waals surface area (Å²) in [5.41, 5.74) is 2.19. The van der Waals surface area contributed by atoms with Crippen LogP contribution in [-0.2, 0) is 0 Å². The van der Waals surface area contributed by atoms with E-state index < -0.39 is 0 Å². The first-order chi connectivity index (χ1) is 8.56. The number of halogens is 2. The van der Waals surface area contributed by atoms with Crippen LogP contribution >= 0.6 is 27.5 Å². The average molecular weight is 325 g/mol. The van der Waals surface area contributed by atoms with Gasteiger partial charge in [-0.1, -0.05) is 27.5 Å². The molecule has 0 saturated carbocycles. The lowest BCUT2D eigenvalue weighted by atomic mass is 10.1. The number of phenolic OH excluding ortho intramolecular Hbond substituents is 1. The van der Waals surface area contributed by atoms with Gasteiger partial charge in [0.1, 0.15) is 5.75 Å². The molecular formula is C14H11BrClNO. The molecule has 0 atom stereocenters. The molecule has 0 aliphatic rings. The van der Waals surface area contributed by atoms with Crippen LogP contribution in [0, 0.1) is 0 Å². The van der Waals surface area contributed by atoms with E-state index in [0.29, 0.717) is 10.6 Å². The highest BCUT2D eigenvalue weighted by Gasteiger charge is 2.05. The smallest absolute Gasteiger partial charge is 0.124 e. The summed E-state index contributed by atoms with van der Waals surface area (Å²) in [7, 11) is 0. The molecule has 0 saturated heterocycles. The molecule has 2 rings (SSSR count). The molecule has 0 unspecified atom stereocenters. The van der Waals surface area contributed by atoms with E-state index in [9.17, 15) is 5.11 Å². The Balaban J connectivity index is 2.38. The number of phenols is 1. The second kappa shape index (κ2) is 5.55. The lowest BCUT2D eigenvalue weighted by molar-refractivity contribution is 0.474. The first-order valence-corrected chi connectivity index (χ1v) is 6.53. The highest BCUT2D eigenvalue weighted by Crippen LogP contribution is 2.24. The van der Waals surface area contributed by atoms with Crippen LogP contribution in [0.5, 0.6) is 5.75 Å². The van der Waals surface area contributed by atoms with Crippen molar-refractivity contribution in [2.75, 3.05) is 0 Å². The molecule has 0 aliphatic heterocycles. The van der Waals surface area contributed by atoms with Gasteiger partial charge in [0, 0.05) is 20.8 Å². The molecule has 0 heterocycles. The maximum absolute atomic E-state index is 9.78. The quantitative estimate of drug-likeness (QED) is 0.779. The summed E-state index contributed by atoms with van der Waals surface area (Å²) in [5, 5.41) is 10.4. The fourth-order valence-electron chi connectivity index (χ4n) is 1.57. The summed E-state index contributed by atoms with van der Waals surface area (Å²) in [5.74, 6) is 0.178. The molecule has 0 aromatic heterocycles. The fourth-order valence-corrected chi connectivity index (χ4v) is 2.00. The zero-order valence-corrected chi connectivity index (χ0v) is 12.0. The molecule has 0 amide bonds. The van der Waals surface area contributed by atoms with Crippen molar-refractivity contribution in [3.05, 3.63) is 57.5 Å². The van der Waals surface area contributed by atoms with E-state index in [1.54, 1.807) is 18.2 Å². The molecule has 0 fully saturated rings. The summed E-state index contributed by atoms with van der Waals surface area (Å²) in [4.78, 5) is 4.45. The highest BCUT2D eigenvalue weighted by atomic mass is 79.9. The standard InChI is InChI=1S/C14H11BrClNO/c1-9(13-8-11(16)4-7-14(13)18)17-12-5-2-10(15)3-6-12/h2-8,18H,1H3. The van der Waals surface area contributed by atoms with Crippen molar-refractivity contribution >= 4 is 38.9 Å². The SMILES string of the molecule is CC(=Nc1ccc(Br)cc1)c1cc(Cl)ccc1O. The van der Waals surface area contributed by atoms with Gasteiger partial charge in [0.25, 0.3) is 0 Å². The largest absolute Gasteiger partial charge is 0.507 e. The molecule has 2 aromatic rings. The Morgan fingerprint density at radius 2 is 1.83 bits per heavy atom. The lowest BCUT2D eigenvalue weighted by Gasteiger charge is -2.05. The van der Waals surface area contributed by atoms with Gasteiger partial charge in [-0.05, 0) is 49.4 Å². The highest BCUT2D eigenvalue weighted by molar-refractivity contribution is 9.10. The molecule has 1 N–H and O–H groups in total. The summed E-state index contributed by atoms with van der Waals surface area (Å²) < 4.78 is 1.00. The molecule has 4 heteroatoms. The molecule has 18 heavy (non-hydrogen) atoms. The van der Waals surface area contributed by atoms with Crippen LogP contribution in [-0.4, -0.2) is 10.8 Å². The van der Waals surface area contributed by atoms with Crippen molar-refractivity contribution in [3.8, 4) is 5.75 Å². The van der Waals surface area contributed by atoms with E-state index in [4.69, 9.17) is 11.6 Å². The summed E-state index contributed by atoms with van der Waals surface area (Å²) in [6, 6.07) is 12.6. The monoisotopic (exact) mass is 323 g/mol. The van der Waals surface area contributed by atoms with Gasteiger partial charge in [-0.15, -0.1) is 0 Å². The maximum atomic E-state index is 9.78. The third-order valence-electron chi connectivity index (χ3n) is 2.47. The van der Waals surface area contributed by atoms with Crippen molar-refractivity contribution in [1.29, 1.82) is 0 Å². The number of benzene rings is 2. The minimum absolute atomic E-state index is 0.178. The first-order valence-electron chi connectivity index (χ1n) is 5.36. The number of aliphatic imine (C=N–C) groups is 1. The van der Waals surface area contributed by atoms with Gasteiger partial charge in [0.15, 0.2) is 0 Å². The third-order valence-corrected chi connectivity index (χ3v) is 3.24. The number of nitrogens with zero attached hydrogens (tertiary/aromatic N) is 1. The Labute approximate surface area is 119 Å². The summed E-state index contributed by atoms with van der Waals surface area (Å²) in [6.45, 7) is 1.84. The first kappa shape index (κ1) is 13.1. The van der Waals surface area contributed by atoms with Gasteiger partial charge < -0.3 is 5.11 Å². The van der Waals surface area contributed by atoms with Gasteiger partial charge in [-0.2, -0.15) is 0 Å². The van der Waals surface area contributed by atoms with Gasteiger partial charge in [-0.25, -0.2) is 0 Å². The van der Waals surface area contributed by atoms with Crippen LogP contribution in [0.4, 0.5) is 5.69 Å². The lowest BCUT2D eigenvalue weighted by Crippen LogP contribution is -1.94. The van der Waals surface area contributed by atoms with Crippen molar-refractivity contribution in [1.82, 2.24) is 0 Å². The van der Waals surface area contributed by atoms with Crippen LogP contribution < -0.4 is 0 Å². The Hall–Kier alpha value is -1.32. The van der Waals surface area contributed by atoms with Crippen LogP contribution in [0.3, 0.4) is 0 Å². The number of hydrogen-bond acceptors (Lipinski definition) is 2. The second-order valence-corrected chi connectivity index (χ2v) is 5.19. The van der Waals surface area contributed by atoms with Crippen LogP contribution in [0.2, 0.25) is 5.02 Å². The normalized spacial score (nSPS) is 11.6. The predicted molar refractivity (Wildman–Crippen MR) is 79.1 cm³/mol. The minimum atomic E-state index is 0.178. The second-order valence-electron chi connectivity index (χ2n) is 3.84. The van der Waals surface area contributed by atoms with Crippen molar-refractivity contribution in [2.45, 2.75) is 6.92 Å². The predicted octanol–water partition coefficient (Wildman–Crippen LogP) is 4.95. The van der Waals surface area contributed by atoms with E-state index in [1.807, 2.05) is 31.2 Å². The van der Waals surface area contributed by atoms with E-state index in [-0.39, 0.29) is 5.75 Å². The summed E-state index contributed by atoms with van der Waals surface area (Å²) in [6.07, 6.45) is 0. The Morgan fingerprint density at radius 3 is 2.50 bits per heavy atom. The van der Waals surface area contributed by atoms with E-state index in [2.05, 4.69) is 20.9 Å². The molecule has 92 valence electrons. The van der Waals surface area contributed by atoms with Gasteiger partial charge in [-0.3, -0.25) is 4.99 Å². The molecule has 0 radical (unpaired) electrons. The van der Waals surface area contributed by atoms with Crippen molar-refractivity contribution < 1.29 is 5.11 Å². The average Bonchev–Trinajstić information content (AvgIpc) is 2.35. The number of rotatable bonds is 2. The van der Waals surface area contributed by atoms with E-state index in [1.165, 1.54) is 0 Å². The fraction of sp³-hybridized carbons (Fsp3) is 0.0714. The van der Waals surface area contributed by atoms with Gasteiger partial charge in [0.2, 0.25) is 0 Å².